The second-order valence-electron chi connectivity index (χ2n) is 9.06. The van der Waals surface area contributed by atoms with Crippen LogP contribution in [0.25, 0.3) is 10.4 Å². The smallest absolute Gasteiger partial charge is 0.407 e. The Labute approximate surface area is 209 Å². The number of carbonyl (C=O) groups excluding carboxylic acids is 1. The highest BCUT2D eigenvalue weighted by molar-refractivity contribution is 7.18. The summed E-state index contributed by atoms with van der Waals surface area (Å²) in [7, 11) is 0. The number of hydrogen-bond acceptors (Lipinski definition) is 7. The molecule has 3 aromatic rings. The number of alkyl halides is 2. The largest absolute Gasteiger partial charge is 0.442 e. The molecule has 11 heteroatoms. The molecule has 0 aliphatic carbocycles. The number of rotatable bonds is 7. The average Bonchev–Trinajstić information content (AvgIpc) is 3.45. The predicted octanol–water partition coefficient (Wildman–Crippen LogP) is 3.57. The van der Waals surface area contributed by atoms with Crippen LogP contribution < -0.4 is 15.5 Å². The lowest BCUT2D eigenvalue weighted by Crippen LogP contribution is -2.56. The molecule has 0 bridgehead atoms. The fraction of sp³-hybridized carbons (Fsp3) is 0.360. The van der Waals surface area contributed by atoms with E-state index in [0.717, 1.165) is 16.0 Å². The molecule has 0 spiro atoms. The molecule has 0 unspecified atom stereocenters. The Hall–Kier alpha value is -3.15. The molecule has 3 heterocycles. The van der Waals surface area contributed by atoms with Crippen LogP contribution in [-0.2, 0) is 17.7 Å². The molecule has 1 aromatic heterocycles. The third-order valence-corrected chi connectivity index (χ3v) is 7.34. The molecular formula is C25H25F3N4O3S. The van der Waals surface area contributed by atoms with Crippen molar-refractivity contribution in [3.05, 3.63) is 71.7 Å². The van der Waals surface area contributed by atoms with Gasteiger partial charge in [-0.1, -0.05) is 47.7 Å². The van der Waals surface area contributed by atoms with Crippen molar-refractivity contribution >= 4 is 22.6 Å². The van der Waals surface area contributed by atoms with Gasteiger partial charge in [0.2, 0.25) is 0 Å². The number of aliphatic hydroxyl groups is 1. The number of nitrogens with zero attached hydrogens (tertiary/aromatic N) is 2. The van der Waals surface area contributed by atoms with E-state index in [-0.39, 0.29) is 31.5 Å². The Morgan fingerprint density at radius 2 is 2.00 bits per heavy atom. The van der Waals surface area contributed by atoms with Gasteiger partial charge in [-0.25, -0.2) is 22.9 Å². The van der Waals surface area contributed by atoms with Crippen LogP contribution >= 0.6 is 11.3 Å². The molecule has 5 rings (SSSR count). The number of hydrogen-bond donors (Lipinski definition) is 3. The van der Waals surface area contributed by atoms with Crippen molar-refractivity contribution in [2.75, 3.05) is 24.5 Å². The number of halogens is 3. The van der Waals surface area contributed by atoms with Crippen LogP contribution in [0.2, 0.25) is 0 Å². The molecular weight excluding hydrogens is 493 g/mol. The molecule has 2 saturated heterocycles. The quantitative estimate of drug-likeness (QED) is 0.444. The van der Waals surface area contributed by atoms with Crippen LogP contribution in [0.1, 0.15) is 11.1 Å². The number of aromatic nitrogens is 1. The maximum absolute atomic E-state index is 13.3. The van der Waals surface area contributed by atoms with Crippen molar-refractivity contribution in [1.82, 2.24) is 15.6 Å². The highest BCUT2D eigenvalue weighted by atomic mass is 32.1. The van der Waals surface area contributed by atoms with Gasteiger partial charge < -0.3 is 25.4 Å². The number of carbonyl (C=O) groups is 1. The molecule has 0 radical (unpaired) electrons. The van der Waals surface area contributed by atoms with Gasteiger partial charge in [0, 0.05) is 19.3 Å². The minimum absolute atomic E-state index is 0.110. The van der Waals surface area contributed by atoms with E-state index >= 15 is 0 Å². The maximum atomic E-state index is 13.3. The van der Waals surface area contributed by atoms with Crippen LogP contribution in [-0.4, -0.2) is 60.0 Å². The van der Waals surface area contributed by atoms with E-state index in [0.29, 0.717) is 23.7 Å². The fourth-order valence-electron chi connectivity index (χ4n) is 4.36. The van der Waals surface area contributed by atoms with E-state index in [9.17, 15) is 23.1 Å². The summed E-state index contributed by atoms with van der Waals surface area (Å²) in [5.74, 6) is -3.03. The topological polar surface area (TPSA) is 86.7 Å². The highest BCUT2D eigenvalue weighted by Crippen LogP contribution is 2.37. The van der Waals surface area contributed by atoms with Crippen LogP contribution in [0.4, 0.5) is 23.1 Å². The summed E-state index contributed by atoms with van der Waals surface area (Å²) in [6.45, 7) is -0.196. The first-order chi connectivity index (χ1) is 17.3. The monoisotopic (exact) mass is 518 g/mol. The standard InChI is InChI=1S/C25H25F3N4O3S/c26-18-3-1-2-16(8-18)10-31-24(34)35-22-19(29-11-20(22)33)9-15-4-6-17(7-5-15)21-12-30-23(36-21)32-13-25(27,28)14-32/h1-8,12,19-20,22,29,33H,9-11,13-14H2,(H,31,34)/t19-,20+,22+/m1/s1. The zero-order valence-corrected chi connectivity index (χ0v) is 20.0. The molecule has 3 N–H and O–H groups in total. The first kappa shape index (κ1) is 24.5. The molecule has 2 aromatic carbocycles. The van der Waals surface area contributed by atoms with Gasteiger partial charge in [0.05, 0.1) is 24.0 Å². The SMILES string of the molecule is O=C(NCc1cccc(F)c1)O[C@@H]1[C@@H](O)CN[C@@H]1Cc1ccc(-c2cnc(N3CC(F)(F)C3)s2)cc1. The van der Waals surface area contributed by atoms with Gasteiger partial charge >= 0.3 is 6.09 Å². The highest BCUT2D eigenvalue weighted by Gasteiger charge is 2.45. The molecule has 1 amide bonds. The number of benzene rings is 2. The van der Waals surface area contributed by atoms with Crippen LogP contribution in [0.3, 0.4) is 0 Å². The van der Waals surface area contributed by atoms with E-state index in [2.05, 4.69) is 15.6 Å². The van der Waals surface area contributed by atoms with E-state index in [1.807, 2.05) is 24.3 Å². The van der Waals surface area contributed by atoms with Gasteiger partial charge in [0.25, 0.3) is 5.92 Å². The lowest BCUT2D eigenvalue weighted by molar-refractivity contribution is -0.0262. The first-order valence-corrected chi connectivity index (χ1v) is 12.4. The van der Waals surface area contributed by atoms with Crippen molar-refractivity contribution in [2.45, 2.75) is 37.1 Å². The zero-order chi connectivity index (χ0) is 25.3. The summed E-state index contributed by atoms with van der Waals surface area (Å²) < 4.78 is 45.1. The number of amides is 1. The molecule has 7 nitrogen and oxygen atoms in total. The number of anilines is 1. The first-order valence-electron chi connectivity index (χ1n) is 11.5. The Morgan fingerprint density at radius 1 is 1.22 bits per heavy atom. The van der Waals surface area contributed by atoms with Crippen molar-refractivity contribution in [3.63, 3.8) is 0 Å². The number of ether oxygens (including phenoxy) is 1. The number of aliphatic hydroxyl groups excluding tert-OH is 1. The average molecular weight is 519 g/mol. The molecule has 0 saturated carbocycles. The van der Waals surface area contributed by atoms with Crippen molar-refractivity contribution in [3.8, 4) is 10.4 Å². The second kappa shape index (κ2) is 10.1. The summed E-state index contributed by atoms with van der Waals surface area (Å²) in [6.07, 6.45) is -0.0641. The van der Waals surface area contributed by atoms with Crippen molar-refractivity contribution < 1.29 is 27.8 Å². The normalized spacial score (nSPS) is 22.8. The molecule has 3 atom stereocenters. The number of thiazole rings is 1. The fourth-order valence-corrected chi connectivity index (χ4v) is 5.28. The molecule has 190 valence electrons. The van der Waals surface area contributed by atoms with E-state index in [1.165, 1.54) is 23.5 Å². The Kier molecular flexibility index (Phi) is 6.87. The second-order valence-corrected chi connectivity index (χ2v) is 10.1. The Bertz CT molecular complexity index is 1220. The summed E-state index contributed by atoms with van der Waals surface area (Å²) in [5.41, 5.74) is 2.51. The third-order valence-electron chi connectivity index (χ3n) is 6.24. The van der Waals surface area contributed by atoms with E-state index in [4.69, 9.17) is 4.74 Å². The molecule has 36 heavy (non-hydrogen) atoms. The van der Waals surface area contributed by atoms with E-state index < -0.39 is 24.2 Å². The van der Waals surface area contributed by atoms with Gasteiger partial charge in [-0.2, -0.15) is 0 Å². The Balaban J connectivity index is 1.16. The number of β-amino-alcohol motifs (C(OH)–C–C–N with tert-alkyl or cyclic N) is 1. The van der Waals surface area contributed by atoms with Gasteiger partial charge in [0.15, 0.2) is 5.13 Å². The molecule has 2 fully saturated rings. The van der Waals surface area contributed by atoms with Gasteiger partial charge in [-0.05, 0) is 35.2 Å². The summed E-state index contributed by atoms with van der Waals surface area (Å²) in [6, 6.07) is 13.4. The summed E-state index contributed by atoms with van der Waals surface area (Å²) in [5, 5.41) is 16.7. The van der Waals surface area contributed by atoms with Gasteiger partial charge in [0.1, 0.15) is 18.0 Å². The van der Waals surface area contributed by atoms with Crippen LogP contribution in [0.5, 0.6) is 0 Å². The summed E-state index contributed by atoms with van der Waals surface area (Å²) in [4.78, 5) is 19.0. The summed E-state index contributed by atoms with van der Waals surface area (Å²) >= 11 is 1.37. The van der Waals surface area contributed by atoms with E-state index in [1.54, 1.807) is 23.2 Å². The lowest BCUT2D eigenvalue weighted by atomic mass is 10.0. The molecule has 2 aliphatic rings. The van der Waals surface area contributed by atoms with Crippen LogP contribution in [0, 0.1) is 5.82 Å². The Morgan fingerprint density at radius 3 is 2.72 bits per heavy atom. The lowest BCUT2D eigenvalue weighted by Gasteiger charge is -2.38. The predicted molar refractivity (Wildman–Crippen MR) is 130 cm³/mol. The van der Waals surface area contributed by atoms with Gasteiger partial charge in [-0.3, -0.25) is 0 Å². The number of alkyl carbamates (subject to hydrolysis) is 1. The van der Waals surface area contributed by atoms with Crippen molar-refractivity contribution in [2.24, 2.45) is 0 Å². The minimum atomic E-state index is -2.64. The molecule has 2 aliphatic heterocycles. The van der Waals surface area contributed by atoms with Crippen LogP contribution in [0.15, 0.2) is 54.7 Å². The number of nitrogens with one attached hydrogen (secondary N) is 2. The maximum Gasteiger partial charge on any atom is 0.407 e. The zero-order valence-electron chi connectivity index (χ0n) is 19.2. The van der Waals surface area contributed by atoms with Gasteiger partial charge in [-0.15, -0.1) is 0 Å². The van der Waals surface area contributed by atoms with Crippen molar-refractivity contribution in [1.29, 1.82) is 0 Å². The minimum Gasteiger partial charge on any atom is -0.442 e. The third kappa shape index (κ3) is 5.63.